The molecule has 0 aromatic rings. The first-order valence-electron chi connectivity index (χ1n) is 5.90. The molecule has 4 aliphatic carbocycles. The molecule has 14 heavy (non-hydrogen) atoms. The minimum Gasteiger partial charge on any atom is -0.390 e. The van der Waals surface area contributed by atoms with Gasteiger partial charge < -0.3 is 5.11 Å². The molecule has 2 nitrogen and oxygen atoms in total. The summed E-state index contributed by atoms with van der Waals surface area (Å²) in [6, 6.07) is 0.539. The van der Waals surface area contributed by atoms with Gasteiger partial charge in [0.05, 0.1) is 11.6 Å². The molecule has 0 saturated heterocycles. The Morgan fingerprint density at radius 2 is 1.86 bits per heavy atom. The van der Waals surface area contributed by atoms with Gasteiger partial charge in [0.1, 0.15) is 0 Å². The van der Waals surface area contributed by atoms with Crippen molar-refractivity contribution >= 4 is 6.21 Å². The van der Waals surface area contributed by atoms with E-state index in [-0.39, 0.29) is 5.60 Å². The first-order valence-corrected chi connectivity index (χ1v) is 5.90. The minimum absolute atomic E-state index is 0.295. The fourth-order valence-electron chi connectivity index (χ4n) is 4.37. The monoisotopic (exact) mass is 193 g/mol. The number of aliphatic imine (C=N–C) groups is 1. The highest BCUT2D eigenvalue weighted by Gasteiger charge is 2.54. The molecule has 0 radical (unpaired) electrons. The third-order valence-corrected chi connectivity index (χ3v) is 4.51. The van der Waals surface area contributed by atoms with Crippen LogP contribution in [0.3, 0.4) is 0 Å². The highest BCUT2D eigenvalue weighted by atomic mass is 16.3. The molecule has 0 aromatic heterocycles. The van der Waals surface area contributed by atoms with Crippen molar-refractivity contribution in [3.8, 4) is 0 Å². The van der Waals surface area contributed by atoms with Gasteiger partial charge in [-0.25, -0.2) is 0 Å². The first kappa shape index (κ1) is 8.90. The van der Waals surface area contributed by atoms with E-state index in [1.165, 1.54) is 12.8 Å². The van der Waals surface area contributed by atoms with Crippen LogP contribution in [0, 0.1) is 17.8 Å². The molecule has 0 spiro atoms. The Bertz CT molecular complexity index is 257. The van der Waals surface area contributed by atoms with Gasteiger partial charge >= 0.3 is 0 Å². The van der Waals surface area contributed by atoms with Crippen molar-refractivity contribution in [3.05, 3.63) is 0 Å². The molecule has 1 N–H and O–H groups in total. The van der Waals surface area contributed by atoms with Crippen LogP contribution in [0.15, 0.2) is 4.99 Å². The Kier molecular flexibility index (Phi) is 1.79. The second kappa shape index (κ2) is 2.82. The van der Waals surface area contributed by atoms with Crippen LogP contribution in [0.4, 0.5) is 0 Å². The molecule has 78 valence electrons. The average molecular weight is 193 g/mol. The molecule has 4 bridgehead atoms. The van der Waals surface area contributed by atoms with E-state index in [1.807, 2.05) is 13.1 Å². The maximum atomic E-state index is 10.3. The molecule has 4 aliphatic rings. The van der Waals surface area contributed by atoms with Gasteiger partial charge in [-0.15, -0.1) is 0 Å². The van der Waals surface area contributed by atoms with Crippen molar-refractivity contribution in [3.63, 3.8) is 0 Å². The van der Waals surface area contributed by atoms with Crippen LogP contribution in [-0.2, 0) is 0 Å². The molecule has 0 amide bonds. The third kappa shape index (κ3) is 1.16. The Morgan fingerprint density at radius 1 is 1.21 bits per heavy atom. The minimum atomic E-state index is -0.295. The van der Waals surface area contributed by atoms with E-state index < -0.39 is 0 Å². The Balaban J connectivity index is 1.89. The van der Waals surface area contributed by atoms with Gasteiger partial charge in [-0.05, 0) is 63.0 Å². The Labute approximate surface area is 85.4 Å². The summed E-state index contributed by atoms with van der Waals surface area (Å²) in [6.45, 7) is 2.01. The normalized spacial score (nSPS) is 55.9. The van der Waals surface area contributed by atoms with Crippen LogP contribution in [0.1, 0.15) is 39.0 Å². The number of rotatable bonds is 1. The number of nitrogens with zero attached hydrogens (tertiary/aromatic N) is 1. The molecule has 2 atom stereocenters. The van der Waals surface area contributed by atoms with E-state index in [9.17, 15) is 5.11 Å². The van der Waals surface area contributed by atoms with Gasteiger partial charge in [-0.2, -0.15) is 0 Å². The van der Waals surface area contributed by atoms with E-state index in [2.05, 4.69) is 4.99 Å². The third-order valence-electron chi connectivity index (χ3n) is 4.51. The molecule has 2 heteroatoms. The highest BCUT2D eigenvalue weighted by Crippen LogP contribution is 2.56. The summed E-state index contributed by atoms with van der Waals surface area (Å²) in [5.74, 6) is 2.17. The van der Waals surface area contributed by atoms with Crippen LogP contribution in [-0.4, -0.2) is 23.0 Å². The smallest absolute Gasteiger partial charge is 0.0657 e. The first-order chi connectivity index (χ1) is 6.70. The summed E-state index contributed by atoms with van der Waals surface area (Å²) >= 11 is 0. The van der Waals surface area contributed by atoms with Gasteiger partial charge in [0.15, 0.2) is 0 Å². The maximum Gasteiger partial charge on any atom is 0.0657 e. The molecule has 0 heterocycles. The summed E-state index contributed by atoms with van der Waals surface area (Å²) < 4.78 is 0. The van der Waals surface area contributed by atoms with E-state index in [0.29, 0.717) is 17.9 Å². The lowest BCUT2D eigenvalue weighted by atomic mass is 9.52. The van der Waals surface area contributed by atoms with Crippen LogP contribution >= 0.6 is 0 Å². The maximum absolute atomic E-state index is 10.3. The summed E-state index contributed by atoms with van der Waals surface area (Å²) in [6.07, 6.45) is 7.70. The van der Waals surface area contributed by atoms with Gasteiger partial charge in [0, 0.05) is 0 Å². The van der Waals surface area contributed by atoms with Crippen LogP contribution in [0.25, 0.3) is 0 Å². The van der Waals surface area contributed by atoms with E-state index in [0.717, 1.165) is 25.2 Å². The fraction of sp³-hybridized carbons (Fsp3) is 0.917. The van der Waals surface area contributed by atoms with Gasteiger partial charge in [0.25, 0.3) is 0 Å². The van der Waals surface area contributed by atoms with Crippen molar-refractivity contribution in [2.45, 2.75) is 50.7 Å². The van der Waals surface area contributed by atoms with Crippen molar-refractivity contribution in [2.75, 3.05) is 0 Å². The van der Waals surface area contributed by atoms with Crippen molar-refractivity contribution in [2.24, 2.45) is 22.7 Å². The zero-order chi connectivity index (χ0) is 9.76. The standard InChI is InChI=1S/C12H19NO/c1-2-13-11-9-3-8-4-10(11)7-12(14,5-8)6-9/h2,8-11,14H,3-7H2,1H3. The molecular formula is C12H19NO. The fourth-order valence-corrected chi connectivity index (χ4v) is 4.37. The van der Waals surface area contributed by atoms with Crippen LogP contribution in [0.5, 0.6) is 0 Å². The van der Waals surface area contributed by atoms with Crippen molar-refractivity contribution < 1.29 is 5.11 Å². The van der Waals surface area contributed by atoms with Crippen molar-refractivity contribution in [1.29, 1.82) is 0 Å². The lowest BCUT2D eigenvalue weighted by Crippen LogP contribution is -2.56. The summed E-state index contributed by atoms with van der Waals surface area (Å²) in [4.78, 5) is 4.62. The zero-order valence-corrected chi connectivity index (χ0v) is 8.82. The van der Waals surface area contributed by atoms with Gasteiger partial charge in [-0.3, -0.25) is 4.99 Å². The van der Waals surface area contributed by atoms with Gasteiger partial charge in [0.2, 0.25) is 0 Å². The molecule has 4 saturated carbocycles. The summed E-state index contributed by atoms with van der Waals surface area (Å²) in [7, 11) is 0. The zero-order valence-electron chi connectivity index (χ0n) is 8.82. The van der Waals surface area contributed by atoms with Gasteiger partial charge in [-0.1, -0.05) is 0 Å². The second-order valence-electron chi connectivity index (χ2n) is 5.59. The number of hydrogen-bond acceptors (Lipinski definition) is 2. The lowest BCUT2D eigenvalue weighted by Gasteiger charge is -2.56. The highest BCUT2D eigenvalue weighted by molar-refractivity contribution is 5.53. The molecular weight excluding hydrogens is 174 g/mol. The summed E-state index contributed by atoms with van der Waals surface area (Å²) in [5, 5.41) is 10.3. The quantitative estimate of drug-likeness (QED) is 0.635. The topological polar surface area (TPSA) is 32.6 Å². The molecule has 4 fully saturated rings. The van der Waals surface area contributed by atoms with E-state index in [1.54, 1.807) is 0 Å². The predicted octanol–water partition coefficient (Wildman–Crippen LogP) is 2.02. The number of aliphatic hydroxyl groups is 1. The predicted molar refractivity (Wildman–Crippen MR) is 56.5 cm³/mol. The molecule has 0 aromatic carbocycles. The molecule has 2 unspecified atom stereocenters. The van der Waals surface area contributed by atoms with Crippen molar-refractivity contribution in [1.82, 2.24) is 0 Å². The SMILES string of the molecule is CC=NC1C2CC3CC1CC(O)(C3)C2. The van der Waals surface area contributed by atoms with Crippen LogP contribution in [0.2, 0.25) is 0 Å². The van der Waals surface area contributed by atoms with E-state index in [4.69, 9.17) is 0 Å². The van der Waals surface area contributed by atoms with Crippen LogP contribution < -0.4 is 0 Å². The Morgan fingerprint density at radius 3 is 2.36 bits per heavy atom. The largest absolute Gasteiger partial charge is 0.390 e. The Hall–Kier alpha value is -0.370. The number of hydrogen-bond donors (Lipinski definition) is 1. The second-order valence-corrected chi connectivity index (χ2v) is 5.59. The lowest BCUT2D eigenvalue weighted by molar-refractivity contribution is -0.132. The molecule has 0 aliphatic heterocycles. The average Bonchev–Trinajstić information content (AvgIpc) is 2.08. The molecule has 4 rings (SSSR count). The summed E-state index contributed by atoms with van der Waals surface area (Å²) in [5.41, 5.74) is -0.295. The van der Waals surface area contributed by atoms with E-state index >= 15 is 0 Å².